The first kappa shape index (κ1) is 13.1. The van der Waals surface area contributed by atoms with E-state index in [1.165, 1.54) is 0 Å². The summed E-state index contributed by atoms with van der Waals surface area (Å²) in [6.07, 6.45) is 1.64. The molecule has 0 unspecified atom stereocenters. The van der Waals surface area contributed by atoms with Crippen LogP contribution in [0.15, 0.2) is 65.0 Å². The van der Waals surface area contributed by atoms with Crippen molar-refractivity contribution in [2.75, 3.05) is 5.73 Å². The predicted molar refractivity (Wildman–Crippen MR) is 82.5 cm³/mol. The van der Waals surface area contributed by atoms with E-state index in [4.69, 9.17) is 5.73 Å². The van der Waals surface area contributed by atoms with Gasteiger partial charge in [0.25, 0.3) is 0 Å². The average Bonchev–Trinajstić information content (AvgIpc) is 2.52. The molecule has 0 fully saturated rings. The number of rotatable bonds is 3. The number of aromatic hydroxyl groups is 1. The predicted octanol–water partition coefficient (Wildman–Crippen LogP) is 3.81. The number of pyridine rings is 1. The number of anilines is 1. The molecule has 3 rings (SSSR count). The zero-order chi connectivity index (χ0) is 14.7. The summed E-state index contributed by atoms with van der Waals surface area (Å²) in [4.78, 5) is 4.15. The van der Waals surface area contributed by atoms with Crippen LogP contribution in [-0.4, -0.2) is 10.1 Å². The molecule has 0 spiro atoms. The topological polar surface area (TPSA) is 83.9 Å². The van der Waals surface area contributed by atoms with Gasteiger partial charge in [-0.3, -0.25) is 4.98 Å². The zero-order valence-electron chi connectivity index (χ0n) is 11.3. The molecule has 1 heterocycles. The Labute approximate surface area is 121 Å². The van der Waals surface area contributed by atoms with Gasteiger partial charge in [-0.1, -0.05) is 12.1 Å². The number of hydrogen-bond acceptors (Lipinski definition) is 5. The summed E-state index contributed by atoms with van der Waals surface area (Å²) in [6.45, 7) is 0.475. The van der Waals surface area contributed by atoms with Crippen molar-refractivity contribution in [3.05, 3.63) is 60.3 Å². The zero-order valence-corrected chi connectivity index (χ0v) is 11.3. The first-order valence-corrected chi connectivity index (χ1v) is 6.52. The van der Waals surface area contributed by atoms with Crippen LogP contribution in [0.1, 0.15) is 5.56 Å². The van der Waals surface area contributed by atoms with Crippen LogP contribution >= 0.6 is 0 Å². The molecule has 0 aliphatic rings. The second-order valence-electron chi connectivity index (χ2n) is 4.64. The first-order valence-electron chi connectivity index (χ1n) is 6.52. The Morgan fingerprint density at radius 2 is 1.86 bits per heavy atom. The number of fused-ring (bicyclic) bond motifs is 1. The molecule has 0 radical (unpaired) electrons. The third-order valence-electron chi connectivity index (χ3n) is 3.14. The molecule has 0 aliphatic carbocycles. The van der Waals surface area contributed by atoms with Gasteiger partial charge in [-0.2, -0.15) is 10.2 Å². The SMILES string of the molecule is Nc1ccc(CN=Nc2ccc(O)c3ncccc23)cc1. The van der Waals surface area contributed by atoms with Crippen molar-refractivity contribution < 1.29 is 5.11 Å². The number of nitrogens with two attached hydrogens (primary N) is 1. The van der Waals surface area contributed by atoms with Crippen molar-refractivity contribution in [1.82, 2.24) is 4.98 Å². The third-order valence-corrected chi connectivity index (χ3v) is 3.14. The normalized spacial score (nSPS) is 11.2. The number of phenols is 1. The highest BCUT2D eigenvalue weighted by molar-refractivity contribution is 5.93. The Morgan fingerprint density at radius 3 is 2.67 bits per heavy atom. The fourth-order valence-electron chi connectivity index (χ4n) is 2.05. The molecule has 5 nitrogen and oxygen atoms in total. The van der Waals surface area contributed by atoms with Crippen LogP contribution in [0.4, 0.5) is 11.4 Å². The second-order valence-corrected chi connectivity index (χ2v) is 4.64. The van der Waals surface area contributed by atoms with E-state index in [-0.39, 0.29) is 5.75 Å². The monoisotopic (exact) mass is 278 g/mol. The molecule has 0 saturated carbocycles. The van der Waals surface area contributed by atoms with Crippen molar-refractivity contribution >= 4 is 22.3 Å². The maximum Gasteiger partial charge on any atom is 0.141 e. The van der Waals surface area contributed by atoms with E-state index in [0.29, 0.717) is 17.7 Å². The van der Waals surface area contributed by atoms with E-state index in [1.54, 1.807) is 24.4 Å². The minimum Gasteiger partial charge on any atom is -0.506 e. The summed E-state index contributed by atoms with van der Waals surface area (Å²) < 4.78 is 0. The van der Waals surface area contributed by atoms with Gasteiger partial charge in [0.05, 0.1) is 12.2 Å². The lowest BCUT2D eigenvalue weighted by molar-refractivity contribution is 0.480. The van der Waals surface area contributed by atoms with E-state index in [0.717, 1.165) is 16.6 Å². The second kappa shape index (κ2) is 5.58. The molecule has 0 atom stereocenters. The Morgan fingerprint density at radius 1 is 1.05 bits per heavy atom. The lowest BCUT2D eigenvalue weighted by Gasteiger charge is -2.02. The lowest BCUT2D eigenvalue weighted by Crippen LogP contribution is -1.85. The molecule has 1 aromatic heterocycles. The fraction of sp³-hybridized carbons (Fsp3) is 0.0625. The van der Waals surface area contributed by atoms with Crippen LogP contribution in [0.3, 0.4) is 0 Å². The molecule has 21 heavy (non-hydrogen) atoms. The molecule has 0 saturated heterocycles. The highest BCUT2D eigenvalue weighted by Crippen LogP contribution is 2.31. The molecule has 0 bridgehead atoms. The number of phenolic OH excluding ortho intramolecular Hbond substituents is 1. The van der Waals surface area contributed by atoms with Crippen molar-refractivity contribution in [1.29, 1.82) is 0 Å². The van der Waals surface area contributed by atoms with Crippen molar-refractivity contribution in [3.8, 4) is 5.75 Å². The molecule has 2 aromatic carbocycles. The third kappa shape index (κ3) is 2.81. The maximum atomic E-state index is 9.78. The van der Waals surface area contributed by atoms with Crippen LogP contribution in [0.5, 0.6) is 5.75 Å². The summed E-state index contributed by atoms with van der Waals surface area (Å²) in [7, 11) is 0. The van der Waals surface area contributed by atoms with E-state index < -0.39 is 0 Å². The van der Waals surface area contributed by atoms with Crippen molar-refractivity contribution in [2.24, 2.45) is 10.2 Å². The highest BCUT2D eigenvalue weighted by atomic mass is 16.3. The van der Waals surface area contributed by atoms with Gasteiger partial charge in [-0.25, -0.2) is 0 Å². The van der Waals surface area contributed by atoms with Gasteiger partial charge in [-0.05, 0) is 42.0 Å². The van der Waals surface area contributed by atoms with Gasteiger partial charge >= 0.3 is 0 Å². The molecule has 3 N–H and O–H groups in total. The van der Waals surface area contributed by atoms with Crippen LogP contribution in [0.2, 0.25) is 0 Å². The van der Waals surface area contributed by atoms with Gasteiger partial charge in [0, 0.05) is 17.3 Å². The van der Waals surface area contributed by atoms with Gasteiger partial charge in [0.2, 0.25) is 0 Å². The standard InChI is InChI=1S/C16H14N4O/c17-12-5-3-11(4-6-12)10-19-20-14-7-8-15(21)16-13(14)2-1-9-18-16/h1-9,21H,10,17H2. The van der Waals surface area contributed by atoms with E-state index in [2.05, 4.69) is 15.2 Å². The van der Waals surface area contributed by atoms with Gasteiger partial charge in [-0.15, -0.1) is 0 Å². The lowest BCUT2D eigenvalue weighted by atomic mass is 10.2. The smallest absolute Gasteiger partial charge is 0.141 e. The molecular weight excluding hydrogens is 264 g/mol. The summed E-state index contributed by atoms with van der Waals surface area (Å²) >= 11 is 0. The van der Waals surface area contributed by atoms with Gasteiger partial charge < -0.3 is 10.8 Å². The molecule has 5 heteroatoms. The van der Waals surface area contributed by atoms with Gasteiger partial charge in [0.15, 0.2) is 0 Å². The Bertz CT molecular complexity index is 797. The first-order chi connectivity index (χ1) is 10.2. The Hall–Kier alpha value is -2.95. The quantitative estimate of drug-likeness (QED) is 0.564. The van der Waals surface area contributed by atoms with Crippen LogP contribution < -0.4 is 5.73 Å². The largest absolute Gasteiger partial charge is 0.506 e. The maximum absolute atomic E-state index is 9.78. The highest BCUT2D eigenvalue weighted by Gasteiger charge is 2.04. The molecule has 0 aliphatic heterocycles. The number of benzene rings is 2. The molecular formula is C16H14N4O. The fourth-order valence-corrected chi connectivity index (χ4v) is 2.05. The Kier molecular flexibility index (Phi) is 3.47. The van der Waals surface area contributed by atoms with E-state index in [9.17, 15) is 5.11 Å². The average molecular weight is 278 g/mol. The minimum absolute atomic E-state index is 0.142. The van der Waals surface area contributed by atoms with E-state index >= 15 is 0 Å². The summed E-state index contributed by atoms with van der Waals surface area (Å²) in [5.41, 5.74) is 8.62. The van der Waals surface area contributed by atoms with Gasteiger partial charge in [0.1, 0.15) is 11.3 Å². The number of nitrogens with zero attached hydrogens (tertiary/aromatic N) is 3. The number of hydrogen-bond donors (Lipinski definition) is 2. The summed E-state index contributed by atoms with van der Waals surface area (Å²) in [5.74, 6) is 0.142. The minimum atomic E-state index is 0.142. The Balaban J connectivity index is 1.86. The van der Waals surface area contributed by atoms with E-state index in [1.807, 2.05) is 30.3 Å². The molecule has 3 aromatic rings. The summed E-state index contributed by atoms with van der Waals surface area (Å²) in [5, 5.41) is 19.0. The summed E-state index contributed by atoms with van der Waals surface area (Å²) in [6, 6.07) is 14.5. The van der Waals surface area contributed by atoms with Crippen LogP contribution in [-0.2, 0) is 6.54 Å². The van der Waals surface area contributed by atoms with Crippen LogP contribution in [0, 0.1) is 0 Å². The van der Waals surface area contributed by atoms with Crippen molar-refractivity contribution in [2.45, 2.75) is 6.54 Å². The number of azo groups is 1. The number of nitrogen functional groups attached to an aromatic ring is 1. The number of aromatic nitrogens is 1. The van der Waals surface area contributed by atoms with Crippen molar-refractivity contribution in [3.63, 3.8) is 0 Å². The van der Waals surface area contributed by atoms with Crippen LogP contribution in [0.25, 0.3) is 10.9 Å². The molecule has 0 amide bonds. The molecule has 104 valence electrons.